The van der Waals surface area contributed by atoms with E-state index in [0.29, 0.717) is 6.61 Å². The van der Waals surface area contributed by atoms with Gasteiger partial charge in [0.2, 0.25) is 0 Å². The quantitative estimate of drug-likeness (QED) is 0.0360. The molecule has 0 aromatic carbocycles. The van der Waals surface area contributed by atoms with Crippen LogP contribution < -0.4 is 38.7 Å². The van der Waals surface area contributed by atoms with Gasteiger partial charge in [-0.1, -0.05) is 161 Å². The third-order valence-electron chi connectivity index (χ3n) is 12.6. The Hall–Kier alpha value is -2.21. The molecule has 348 valence electrons. The van der Waals surface area contributed by atoms with Crippen LogP contribution in [0.4, 0.5) is 0 Å². The summed E-state index contributed by atoms with van der Waals surface area (Å²) in [5, 5.41) is 20.2. The van der Waals surface area contributed by atoms with Gasteiger partial charge in [0.15, 0.2) is 37.2 Å². The van der Waals surface area contributed by atoms with Crippen molar-refractivity contribution in [3.05, 3.63) is 95.5 Å². The van der Waals surface area contributed by atoms with E-state index in [1.807, 2.05) is 6.07 Å². The monoisotopic (exact) mass is 884 g/mol. The van der Waals surface area contributed by atoms with Gasteiger partial charge in [-0.2, -0.15) is 4.73 Å². The molecule has 61 heavy (non-hydrogen) atoms. The van der Waals surface area contributed by atoms with Crippen LogP contribution in [0.5, 0.6) is 0 Å². The van der Waals surface area contributed by atoms with Crippen molar-refractivity contribution >= 4 is 0 Å². The number of aryl methyl sites for hydroxylation is 5. The highest BCUT2D eigenvalue weighted by atomic mass is 35.5. The largest absolute Gasteiger partial charge is 1.00 e. The summed E-state index contributed by atoms with van der Waals surface area (Å²) in [6.07, 6.45) is 60.6. The van der Waals surface area contributed by atoms with Gasteiger partial charge in [-0.05, 0) is 76.0 Å². The van der Waals surface area contributed by atoms with E-state index < -0.39 is 0 Å². The van der Waals surface area contributed by atoms with Crippen LogP contribution in [-0.2, 0) is 32.4 Å². The summed E-state index contributed by atoms with van der Waals surface area (Å²) < 4.78 is 5.77. The van der Waals surface area contributed by atoms with Crippen molar-refractivity contribution < 1.29 is 43.8 Å². The van der Waals surface area contributed by atoms with Crippen LogP contribution in [0.15, 0.2) is 73.6 Å². The first-order valence-corrected chi connectivity index (χ1v) is 25.5. The lowest BCUT2D eigenvalue weighted by atomic mass is 10.0. The summed E-state index contributed by atoms with van der Waals surface area (Å²) in [4.78, 5) is 0. The van der Waals surface area contributed by atoms with Gasteiger partial charge in [0.1, 0.15) is 13.1 Å². The molecule has 0 saturated carbocycles. The van der Waals surface area contributed by atoms with Gasteiger partial charge >= 0.3 is 0 Å². The summed E-state index contributed by atoms with van der Waals surface area (Å²) in [7, 11) is 0. The number of aliphatic hydroxyl groups excluding tert-OH is 1. The van der Waals surface area contributed by atoms with Crippen molar-refractivity contribution in [1.82, 2.24) is 0 Å². The number of aromatic nitrogens is 3. The zero-order chi connectivity index (χ0) is 41.5. The molecule has 1 N–H and O–H groups in total. The number of hydrogen-bond donors (Lipinski definition) is 1. The molecule has 0 bridgehead atoms. The number of rotatable bonds is 41. The Morgan fingerprint density at radius 1 is 0.328 bits per heavy atom. The molecule has 0 radical (unpaired) electrons. The van der Waals surface area contributed by atoms with E-state index in [9.17, 15) is 5.21 Å². The van der Waals surface area contributed by atoms with Gasteiger partial charge in [-0.25, -0.2) is 9.13 Å². The van der Waals surface area contributed by atoms with Crippen LogP contribution in [0.3, 0.4) is 0 Å². The van der Waals surface area contributed by atoms with Gasteiger partial charge < -0.3 is 35.1 Å². The Balaban J connectivity index is 0.00000930. The molecule has 0 aliphatic heterocycles. The predicted molar refractivity (Wildman–Crippen MR) is 249 cm³/mol. The minimum Gasteiger partial charge on any atom is -1.00 e. The fourth-order valence-electron chi connectivity index (χ4n) is 8.84. The van der Waals surface area contributed by atoms with E-state index in [4.69, 9.17) is 5.11 Å². The Morgan fingerprint density at radius 3 is 0.902 bits per heavy atom. The summed E-state index contributed by atoms with van der Waals surface area (Å²) in [6.45, 7) is 2.69. The summed E-state index contributed by atoms with van der Waals surface area (Å²) in [6, 6.07) is 13.1. The van der Waals surface area contributed by atoms with E-state index in [0.717, 1.165) is 29.7 Å². The number of aliphatic hydroxyl groups is 1. The molecule has 0 atom stereocenters. The standard InChI is InChI=1S/C54H91N3O2.2ClH/c58-48-33-27-21-15-9-3-6-11-17-23-29-38-53-41-35-46-56(50-53)43-31-25-19-13-7-1-4-10-16-22-28-37-52-40-34-45-55(49-52)44-32-26-20-14-8-2-5-12-18-24-30-39-54-42-36-47-57(59)51-54;;/h34-36,40-42,45-47,49-51,58H,1-33,37-39,43-44,48H2;2*1H/q+2;;/p-2. The van der Waals surface area contributed by atoms with Crippen LogP contribution in [0.25, 0.3) is 0 Å². The molecule has 0 aliphatic carbocycles. The van der Waals surface area contributed by atoms with Crippen molar-refractivity contribution in [1.29, 1.82) is 0 Å². The minimum absolute atomic E-state index is 0. The van der Waals surface area contributed by atoms with E-state index in [2.05, 4.69) is 64.3 Å². The molecule has 7 heteroatoms. The second kappa shape index (κ2) is 41.8. The molecule has 3 aromatic rings. The third kappa shape index (κ3) is 33.0. The summed E-state index contributed by atoms with van der Waals surface area (Å²) >= 11 is 0. The number of hydrogen-bond acceptors (Lipinski definition) is 2. The lowest BCUT2D eigenvalue weighted by molar-refractivity contribution is -0.697. The molecule has 0 saturated heterocycles. The van der Waals surface area contributed by atoms with E-state index in [-0.39, 0.29) is 24.8 Å². The number of halogens is 2. The lowest BCUT2D eigenvalue weighted by Gasteiger charge is -2.05. The Labute approximate surface area is 388 Å². The molecule has 0 aliphatic rings. The topological polar surface area (TPSA) is 54.9 Å². The van der Waals surface area contributed by atoms with Crippen LogP contribution in [0, 0.1) is 5.21 Å². The molecule has 0 fully saturated rings. The van der Waals surface area contributed by atoms with Gasteiger partial charge in [-0.3, -0.25) is 0 Å². The molecular weight excluding hydrogens is 794 g/mol. The highest BCUT2D eigenvalue weighted by molar-refractivity contribution is 5.06. The second-order valence-electron chi connectivity index (χ2n) is 18.1. The average Bonchev–Trinajstić information content (AvgIpc) is 3.25. The normalized spacial score (nSPS) is 11.1. The van der Waals surface area contributed by atoms with E-state index in [1.54, 1.807) is 12.4 Å². The maximum atomic E-state index is 11.4. The second-order valence-corrected chi connectivity index (χ2v) is 18.1. The van der Waals surface area contributed by atoms with Gasteiger partial charge in [-0.15, -0.1) is 0 Å². The van der Waals surface area contributed by atoms with Crippen molar-refractivity contribution in [2.75, 3.05) is 6.61 Å². The van der Waals surface area contributed by atoms with Crippen molar-refractivity contribution in [2.45, 2.75) is 244 Å². The van der Waals surface area contributed by atoms with Gasteiger partial charge in [0.25, 0.3) is 0 Å². The fraction of sp³-hybridized carbons (Fsp3) is 0.722. The molecular formula is C54H91Cl2N3O2. The minimum atomic E-state index is 0. The lowest BCUT2D eigenvalue weighted by Crippen LogP contribution is -3.00. The number of nitrogens with zero attached hydrogens (tertiary/aromatic N) is 3. The highest BCUT2D eigenvalue weighted by Gasteiger charge is 2.06. The Bertz CT molecular complexity index is 1390. The molecule has 5 nitrogen and oxygen atoms in total. The molecule has 0 amide bonds. The first-order valence-electron chi connectivity index (χ1n) is 25.5. The highest BCUT2D eigenvalue weighted by Crippen LogP contribution is 2.16. The maximum Gasteiger partial charge on any atom is 0.183 e. The predicted octanol–water partition coefficient (Wildman–Crippen LogP) is 7.80. The van der Waals surface area contributed by atoms with Gasteiger partial charge in [0, 0.05) is 54.3 Å². The molecule has 0 unspecified atom stereocenters. The van der Waals surface area contributed by atoms with Gasteiger partial charge in [0.05, 0.1) is 0 Å². The fourth-order valence-corrected chi connectivity index (χ4v) is 8.84. The van der Waals surface area contributed by atoms with Crippen LogP contribution in [-0.4, -0.2) is 11.7 Å². The molecule has 3 rings (SSSR count). The van der Waals surface area contributed by atoms with Crippen LogP contribution in [0.1, 0.15) is 229 Å². The molecule has 0 spiro atoms. The SMILES string of the molecule is [Cl-].[Cl-].[O-][n+]1cccc(CCCCCCCCCCCCC[n+]2cccc(CCCCCCCCCCCCC[n+]3cccc(CCCCCCCCCCCCCO)c3)c2)c1. The molecule has 3 heterocycles. The van der Waals surface area contributed by atoms with Crippen LogP contribution >= 0.6 is 0 Å². The van der Waals surface area contributed by atoms with Crippen LogP contribution in [0.2, 0.25) is 0 Å². The third-order valence-corrected chi connectivity index (χ3v) is 12.6. The zero-order valence-electron chi connectivity index (χ0n) is 39.0. The zero-order valence-corrected chi connectivity index (χ0v) is 40.5. The Morgan fingerprint density at radius 2 is 0.590 bits per heavy atom. The van der Waals surface area contributed by atoms with E-state index in [1.165, 1.54) is 236 Å². The Kier molecular flexibility index (Phi) is 38.9. The van der Waals surface area contributed by atoms with Crippen molar-refractivity contribution in [3.63, 3.8) is 0 Å². The average molecular weight is 885 g/mol. The summed E-state index contributed by atoms with van der Waals surface area (Å²) in [5.41, 5.74) is 4.19. The molecule has 3 aromatic heterocycles. The van der Waals surface area contributed by atoms with E-state index >= 15 is 0 Å². The summed E-state index contributed by atoms with van der Waals surface area (Å²) in [5.74, 6) is 0. The smallest absolute Gasteiger partial charge is 0.183 e. The van der Waals surface area contributed by atoms with Crippen molar-refractivity contribution in [3.8, 4) is 0 Å². The van der Waals surface area contributed by atoms with Crippen molar-refractivity contribution in [2.24, 2.45) is 0 Å². The first-order chi connectivity index (χ1) is 29.2. The first kappa shape index (κ1) is 56.8. The maximum absolute atomic E-state index is 11.4. The number of pyridine rings is 3. The number of unbranched alkanes of at least 4 members (excludes halogenated alkanes) is 30.